The van der Waals surface area contributed by atoms with E-state index >= 15 is 0 Å². The average Bonchev–Trinajstić information content (AvgIpc) is 2.94. The normalized spacial score (nSPS) is 10.9. The van der Waals surface area contributed by atoms with Crippen LogP contribution in [0.3, 0.4) is 0 Å². The van der Waals surface area contributed by atoms with Crippen LogP contribution in [0.4, 0.5) is 0 Å². The van der Waals surface area contributed by atoms with Crippen LogP contribution >= 0.6 is 11.3 Å². The summed E-state index contributed by atoms with van der Waals surface area (Å²) in [5.41, 5.74) is 1.30. The smallest absolute Gasteiger partial charge is 0.191 e. The van der Waals surface area contributed by atoms with Crippen molar-refractivity contribution in [2.24, 2.45) is 0 Å². The molecule has 0 aliphatic carbocycles. The van der Waals surface area contributed by atoms with Gasteiger partial charge < -0.3 is 4.42 Å². The van der Waals surface area contributed by atoms with E-state index in [9.17, 15) is 4.79 Å². The van der Waals surface area contributed by atoms with Gasteiger partial charge in [0.1, 0.15) is 17.0 Å². The Balaban J connectivity index is 1.86. The molecule has 0 amide bonds. The van der Waals surface area contributed by atoms with E-state index in [1.165, 1.54) is 17.6 Å². The Morgan fingerprint density at radius 2 is 2.17 bits per heavy atom. The molecule has 0 atom stereocenters. The number of benzene rings is 1. The van der Waals surface area contributed by atoms with E-state index in [-0.39, 0.29) is 12.2 Å². The minimum atomic E-state index is -0.0640. The molecule has 4 nitrogen and oxygen atoms in total. The standard InChI is InChI=1S/C13H10N2O2S/c1-8-14-10(7-17-8)11(16)6-13-15-9-4-2-3-5-12(9)18-13/h2-5,7H,6H2,1H3. The first-order valence-corrected chi connectivity index (χ1v) is 6.34. The van der Waals surface area contributed by atoms with Crippen molar-refractivity contribution in [1.82, 2.24) is 9.97 Å². The molecule has 2 heterocycles. The number of ketones is 1. The van der Waals surface area contributed by atoms with Crippen molar-refractivity contribution in [3.8, 4) is 0 Å². The fraction of sp³-hybridized carbons (Fsp3) is 0.154. The molecule has 0 radical (unpaired) electrons. The summed E-state index contributed by atoms with van der Waals surface area (Å²) in [7, 11) is 0. The minimum Gasteiger partial charge on any atom is -0.449 e. The first-order valence-electron chi connectivity index (χ1n) is 5.52. The number of aryl methyl sites for hydroxylation is 1. The van der Waals surface area contributed by atoms with Crippen LogP contribution in [0.5, 0.6) is 0 Å². The van der Waals surface area contributed by atoms with Crippen LogP contribution in [-0.2, 0) is 6.42 Å². The minimum absolute atomic E-state index is 0.0640. The first kappa shape index (κ1) is 11.1. The summed E-state index contributed by atoms with van der Waals surface area (Å²) in [6.07, 6.45) is 1.66. The summed E-state index contributed by atoms with van der Waals surface area (Å²) in [6.45, 7) is 1.72. The van der Waals surface area contributed by atoms with Gasteiger partial charge in [-0.15, -0.1) is 11.3 Å². The van der Waals surface area contributed by atoms with Gasteiger partial charge in [-0.2, -0.15) is 0 Å². The maximum Gasteiger partial charge on any atom is 0.191 e. The van der Waals surface area contributed by atoms with E-state index in [1.807, 2.05) is 24.3 Å². The second-order valence-electron chi connectivity index (χ2n) is 3.93. The second kappa shape index (κ2) is 4.34. The Bertz CT molecular complexity index is 681. The molecule has 0 bridgehead atoms. The molecule has 0 aliphatic heterocycles. The fourth-order valence-electron chi connectivity index (χ4n) is 1.71. The number of oxazole rings is 1. The molecule has 0 saturated heterocycles. The summed E-state index contributed by atoms with van der Waals surface area (Å²) < 4.78 is 6.13. The largest absolute Gasteiger partial charge is 0.449 e. The maximum atomic E-state index is 11.9. The van der Waals surface area contributed by atoms with Gasteiger partial charge in [0, 0.05) is 6.92 Å². The van der Waals surface area contributed by atoms with Gasteiger partial charge in [0.05, 0.1) is 16.6 Å². The summed E-state index contributed by atoms with van der Waals surface area (Å²) in [6, 6.07) is 7.85. The number of aromatic nitrogens is 2. The summed E-state index contributed by atoms with van der Waals surface area (Å²) in [5, 5.41) is 0.807. The number of nitrogens with zero attached hydrogens (tertiary/aromatic N) is 2. The van der Waals surface area contributed by atoms with Crippen LogP contribution in [0, 0.1) is 6.92 Å². The lowest BCUT2D eigenvalue weighted by Crippen LogP contribution is -2.03. The highest BCUT2D eigenvalue weighted by Crippen LogP contribution is 2.22. The molecule has 0 aliphatic rings. The third kappa shape index (κ3) is 2.04. The molecule has 2 aromatic heterocycles. The lowest BCUT2D eigenvalue weighted by Gasteiger charge is -1.91. The zero-order chi connectivity index (χ0) is 12.5. The third-order valence-electron chi connectivity index (χ3n) is 2.55. The quantitative estimate of drug-likeness (QED) is 0.678. The van der Waals surface area contributed by atoms with Crippen molar-refractivity contribution < 1.29 is 9.21 Å². The molecule has 0 saturated carbocycles. The van der Waals surface area contributed by atoms with Gasteiger partial charge in [-0.25, -0.2) is 9.97 Å². The number of Topliss-reactive ketones (excluding diaryl/α,β-unsaturated/α-hetero) is 1. The predicted molar refractivity (Wildman–Crippen MR) is 68.9 cm³/mol. The van der Waals surface area contributed by atoms with E-state index in [4.69, 9.17) is 4.42 Å². The highest BCUT2D eigenvalue weighted by atomic mass is 32.1. The van der Waals surface area contributed by atoms with E-state index < -0.39 is 0 Å². The van der Waals surface area contributed by atoms with Crippen LogP contribution in [0.2, 0.25) is 0 Å². The maximum absolute atomic E-state index is 11.9. The van der Waals surface area contributed by atoms with Crippen LogP contribution in [0.15, 0.2) is 34.9 Å². The van der Waals surface area contributed by atoms with Crippen LogP contribution in [0.1, 0.15) is 21.4 Å². The van der Waals surface area contributed by atoms with Crippen molar-refractivity contribution in [1.29, 1.82) is 0 Å². The monoisotopic (exact) mass is 258 g/mol. The van der Waals surface area contributed by atoms with Crippen LogP contribution in [0.25, 0.3) is 10.2 Å². The zero-order valence-corrected chi connectivity index (χ0v) is 10.5. The highest BCUT2D eigenvalue weighted by Gasteiger charge is 2.14. The number of para-hydroxylation sites is 1. The lowest BCUT2D eigenvalue weighted by molar-refractivity contribution is 0.0988. The zero-order valence-electron chi connectivity index (χ0n) is 9.71. The van der Waals surface area contributed by atoms with Gasteiger partial charge in [-0.3, -0.25) is 4.79 Å². The highest BCUT2D eigenvalue weighted by molar-refractivity contribution is 7.18. The Morgan fingerprint density at radius 3 is 2.89 bits per heavy atom. The fourth-order valence-corrected chi connectivity index (χ4v) is 2.68. The van der Waals surface area contributed by atoms with Gasteiger partial charge in [0.25, 0.3) is 0 Å². The second-order valence-corrected chi connectivity index (χ2v) is 5.04. The summed E-state index contributed by atoms with van der Waals surface area (Å²) >= 11 is 1.54. The SMILES string of the molecule is Cc1nc(C(=O)Cc2nc3ccccc3s2)co1. The number of hydrogen-bond acceptors (Lipinski definition) is 5. The van der Waals surface area contributed by atoms with Crippen molar-refractivity contribution in [3.05, 3.63) is 47.1 Å². The third-order valence-corrected chi connectivity index (χ3v) is 3.59. The number of rotatable bonds is 3. The van der Waals surface area contributed by atoms with E-state index in [2.05, 4.69) is 9.97 Å². The molecule has 1 aromatic carbocycles. The average molecular weight is 258 g/mol. The Kier molecular flexibility index (Phi) is 2.68. The molecule has 0 fully saturated rings. The van der Waals surface area contributed by atoms with Gasteiger partial charge in [0.2, 0.25) is 0 Å². The molecule has 0 spiro atoms. The Hall–Kier alpha value is -2.01. The van der Waals surface area contributed by atoms with Crippen molar-refractivity contribution >= 4 is 27.3 Å². The van der Waals surface area contributed by atoms with E-state index in [0.717, 1.165) is 15.2 Å². The van der Waals surface area contributed by atoms with Crippen molar-refractivity contribution in [2.75, 3.05) is 0 Å². The number of thiazole rings is 1. The molecular formula is C13H10N2O2S. The van der Waals surface area contributed by atoms with Crippen molar-refractivity contribution in [2.45, 2.75) is 13.3 Å². The van der Waals surface area contributed by atoms with Gasteiger partial charge in [0.15, 0.2) is 11.7 Å². The van der Waals surface area contributed by atoms with E-state index in [1.54, 1.807) is 6.92 Å². The predicted octanol–water partition coefficient (Wildman–Crippen LogP) is 3.02. The molecule has 3 rings (SSSR count). The Morgan fingerprint density at radius 1 is 1.33 bits per heavy atom. The molecule has 3 aromatic rings. The van der Waals surface area contributed by atoms with Gasteiger partial charge >= 0.3 is 0 Å². The van der Waals surface area contributed by atoms with Gasteiger partial charge in [-0.05, 0) is 12.1 Å². The van der Waals surface area contributed by atoms with Crippen LogP contribution in [-0.4, -0.2) is 15.8 Å². The topological polar surface area (TPSA) is 56.0 Å². The van der Waals surface area contributed by atoms with Crippen molar-refractivity contribution in [3.63, 3.8) is 0 Å². The lowest BCUT2D eigenvalue weighted by atomic mass is 10.2. The molecule has 0 N–H and O–H groups in total. The molecule has 0 unspecified atom stereocenters. The molecule has 5 heteroatoms. The number of carbonyl (C=O) groups is 1. The Labute approximate surface area is 107 Å². The molecular weight excluding hydrogens is 248 g/mol. The first-order chi connectivity index (χ1) is 8.72. The number of carbonyl (C=O) groups excluding carboxylic acids is 1. The van der Waals surface area contributed by atoms with Crippen LogP contribution < -0.4 is 0 Å². The summed E-state index contributed by atoms with van der Waals surface area (Å²) in [5.74, 6) is 0.438. The molecule has 18 heavy (non-hydrogen) atoms. The van der Waals surface area contributed by atoms with E-state index in [0.29, 0.717) is 11.6 Å². The number of hydrogen-bond donors (Lipinski definition) is 0. The molecule has 90 valence electrons. The number of fused-ring (bicyclic) bond motifs is 1. The van der Waals surface area contributed by atoms with Gasteiger partial charge in [-0.1, -0.05) is 12.1 Å². The summed E-state index contributed by atoms with van der Waals surface area (Å²) in [4.78, 5) is 20.4.